The average Bonchev–Trinajstić information content (AvgIpc) is 2.80. The molecule has 0 atom stereocenters. The van der Waals surface area contributed by atoms with Gasteiger partial charge in [-0.25, -0.2) is 9.97 Å². The van der Waals surface area contributed by atoms with Crippen molar-refractivity contribution in [2.45, 2.75) is 46.8 Å². The molecule has 0 fully saturated rings. The van der Waals surface area contributed by atoms with Gasteiger partial charge in [0, 0.05) is 11.8 Å². The van der Waals surface area contributed by atoms with Gasteiger partial charge in [0.2, 0.25) is 5.88 Å². The first-order valence-electron chi connectivity index (χ1n) is 11.2. The lowest BCUT2D eigenvalue weighted by molar-refractivity contribution is 0.0688. The molecule has 0 saturated carbocycles. The zero-order valence-corrected chi connectivity index (χ0v) is 21.1. The molecule has 4 rings (SSSR count). The molecule has 0 radical (unpaired) electrons. The van der Waals surface area contributed by atoms with Crippen LogP contribution in [-0.2, 0) is 12.2 Å². The maximum Gasteiger partial charge on any atom is 0.280 e. The SMILES string of the molecule is Cc1cccc(COc2nc(C)n(-c3cccc(-c4nc(C(C)(C)O)ncc4C)c3)c(=O)c2Cl)c1. The van der Waals surface area contributed by atoms with Crippen LogP contribution in [-0.4, -0.2) is 24.6 Å². The van der Waals surface area contributed by atoms with Crippen molar-refractivity contribution in [3.63, 3.8) is 0 Å². The van der Waals surface area contributed by atoms with Gasteiger partial charge in [-0.3, -0.25) is 9.36 Å². The Bertz CT molecular complexity index is 1460. The highest BCUT2D eigenvalue weighted by atomic mass is 35.5. The van der Waals surface area contributed by atoms with Crippen molar-refractivity contribution in [2.75, 3.05) is 0 Å². The van der Waals surface area contributed by atoms with Crippen molar-refractivity contribution in [3.05, 3.63) is 98.4 Å². The summed E-state index contributed by atoms with van der Waals surface area (Å²) >= 11 is 6.40. The fraction of sp³-hybridized carbons (Fsp3) is 0.259. The van der Waals surface area contributed by atoms with E-state index in [9.17, 15) is 9.90 Å². The van der Waals surface area contributed by atoms with E-state index in [1.165, 1.54) is 4.57 Å². The van der Waals surface area contributed by atoms with Crippen LogP contribution >= 0.6 is 11.6 Å². The first-order chi connectivity index (χ1) is 16.5. The summed E-state index contributed by atoms with van der Waals surface area (Å²) in [6.07, 6.45) is 1.68. The van der Waals surface area contributed by atoms with E-state index in [2.05, 4.69) is 15.0 Å². The summed E-state index contributed by atoms with van der Waals surface area (Å²) in [4.78, 5) is 26.5. The highest BCUT2D eigenvalue weighted by Crippen LogP contribution is 2.27. The van der Waals surface area contributed by atoms with Gasteiger partial charge in [-0.1, -0.05) is 53.6 Å². The molecule has 1 N–H and O–H groups in total. The number of aryl methyl sites for hydroxylation is 3. The second kappa shape index (κ2) is 9.60. The first-order valence-corrected chi connectivity index (χ1v) is 11.6. The van der Waals surface area contributed by atoms with E-state index in [1.807, 2.05) is 56.3 Å². The van der Waals surface area contributed by atoms with Gasteiger partial charge in [-0.05, 0) is 57.9 Å². The average molecular weight is 491 g/mol. The third kappa shape index (κ3) is 5.26. The maximum absolute atomic E-state index is 13.2. The standard InChI is InChI=1S/C27H27ClN4O3/c1-16-8-6-9-19(12-16)15-35-24-22(28)25(33)32(18(3)30-24)21-11-7-10-20(13-21)23-17(2)14-29-26(31-23)27(4,5)34/h6-14,34H,15H2,1-5H3. The van der Waals surface area contributed by atoms with Crippen LogP contribution in [0.5, 0.6) is 5.88 Å². The van der Waals surface area contributed by atoms with E-state index >= 15 is 0 Å². The smallest absolute Gasteiger partial charge is 0.280 e. The molecule has 8 heteroatoms. The van der Waals surface area contributed by atoms with Gasteiger partial charge >= 0.3 is 0 Å². The van der Waals surface area contributed by atoms with Crippen molar-refractivity contribution in [3.8, 4) is 22.8 Å². The molecule has 0 unspecified atom stereocenters. The van der Waals surface area contributed by atoms with Crippen LogP contribution in [0.15, 0.2) is 59.5 Å². The van der Waals surface area contributed by atoms with E-state index in [4.69, 9.17) is 16.3 Å². The summed E-state index contributed by atoms with van der Waals surface area (Å²) in [5.74, 6) is 0.855. The largest absolute Gasteiger partial charge is 0.472 e. The predicted octanol–water partition coefficient (Wildman–Crippen LogP) is 5.07. The molecule has 0 spiro atoms. The normalized spacial score (nSPS) is 11.5. The number of ether oxygens (including phenoxy) is 1. The molecule has 2 heterocycles. The Labute approximate surface area is 209 Å². The molecule has 0 aliphatic heterocycles. The van der Waals surface area contributed by atoms with E-state index in [0.717, 1.165) is 22.3 Å². The van der Waals surface area contributed by atoms with Crippen LogP contribution in [0.4, 0.5) is 0 Å². The number of aliphatic hydroxyl groups is 1. The fourth-order valence-electron chi connectivity index (χ4n) is 3.76. The second-order valence-electron chi connectivity index (χ2n) is 9.03. The number of aromatic nitrogens is 4. The van der Waals surface area contributed by atoms with Gasteiger partial charge < -0.3 is 9.84 Å². The predicted molar refractivity (Wildman–Crippen MR) is 136 cm³/mol. The van der Waals surface area contributed by atoms with Crippen LogP contribution in [0.1, 0.15) is 42.2 Å². The lowest BCUT2D eigenvalue weighted by atomic mass is 10.0. The number of hydrogen-bond acceptors (Lipinski definition) is 6. The van der Waals surface area contributed by atoms with E-state index in [1.54, 1.807) is 33.0 Å². The van der Waals surface area contributed by atoms with Gasteiger partial charge in [0.15, 0.2) is 10.8 Å². The molecular formula is C27H27ClN4O3. The highest BCUT2D eigenvalue weighted by Gasteiger charge is 2.21. The number of rotatable bonds is 6. The highest BCUT2D eigenvalue weighted by molar-refractivity contribution is 6.31. The summed E-state index contributed by atoms with van der Waals surface area (Å²) in [5, 5.41) is 10.3. The quantitative estimate of drug-likeness (QED) is 0.405. The van der Waals surface area contributed by atoms with Crippen molar-refractivity contribution in [2.24, 2.45) is 0 Å². The monoisotopic (exact) mass is 490 g/mol. The van der Waals surface area contributed by atoms with Gasteiger partial charge in [0.1, 0.15) is 18.0 Å². The van der Waals surface area contributed by atoms with Gasteiger partial charge in [0.25, 0.3) is 5.56 Å². The van der Waals surface area contributed by atoms with E-state index in [0.29, 0.717) is 23.0 Å². The Morgan fingerprint density at radius 2 is 1.80 bits per heavy atom. The molecule has 0 aliphatic rings. The lowest BCUT2D eigenvalue weighted by Crippen LogP contribution is -2.23. The summed E-state index contributed by atoms with van der Waals surface area (Å²) < 4.78 is 7.23. The van der Waals surface area contributed by atoms with Gasteiger partial charge in [0.05, 0.1) is 11.4 Å². The molecule has 2 aromatic carbocycles. The molecular weight excluding hydrogens is 464 g/mol. The summed E-state index contributed by atoms with van der Waals surface area (Å²) in [6.45, 7) is 9.15. The zero-order chi connectivity index (χ0) is 25.3. The van der Waals surface area contributed by atoms with Crippen LogP contribution in [0.2, 0.25) is 5.02 Å². The number of benzene rings is 2. The lowest BCUT2D eigenvalue weighted by Gasteiger charge is -2.18. The Balaban J connectivity index is 1.71. The molecule has 0 saturated heterocycles. The summed E-state index contributed by atoms with van der Waals surface area (Å²) in [6, 6.07) is 15.3. The molecule has 180 valence electrons. The summed E-state index contributed by atoms with van der Waals surface area (Å²) in [5.41, 5.74) is 3.35. The third-order valence-corrected chi connectivity index (χ3v) is 5.84. The first kappa shape index (κ1) is 24.6. The molecule has 35 heavy (non-hydrogen) atoms. The van der Waals surface area contributed by atoms with Crippen LogP contribution < -0.4 is 10.3 Å². The third-order valence-electron chi connectivity index (χ3n) is 5.52. The molecule has 0 aliphatic carbocycles. The van der Waals surface area contributed by atoms with E-state index in [-0.39, 0.29) is 17.5 Å². The minimum Gasteiger partial charge on any atom is -0.472 e. The topological polar surface area (TPSA) is 90.1 Å². The maximum atomic E-state index is 13.2. The number of nitrogens with zero attached hydrogens (tertiary/aromatic N) is 4. The number of hydrogen-bond donors (Lipinski definition) is 1. The zero-order valence-electron chi connectivity index (χ0n) is 20.3. The Morgan fingerprint density at radius 3 is 2.51 bits per heavy atom. The van der Waals surface area contributed by atoms with Crippen molar-refractivity contribution < 1.29 is 9.84 Å². The van der Waals surface area contributed by atoms with Crippen LogP contribution in [0.25, 0.3) is 16.9 Å². The Morgan fingerprint density at radius 1 is 1.06 bits per heavy atom. The summed E-state index contributed by atoms with van der Waals surface area (Å²) in [7, 11) is 0. The molecule has 4 aromatic rings. The molecule has 2 aromatic heterocycles. The molecule has 7 nitrogen and oxygen atoms in total. The van der Waals surface area contributed by atoms with E-state index < -0.39 is 11.2 Å². The minimum atomic E-state index is -1.18. The van der Waals surface area contributed by atoms with Crippen molar-refractivity contribution >= 4 is 11.6 Å². The second-order valence-corrected chi connectivity index (χ2v) is 9.41. The van der Waals surface area contributed by atoms with Crippen LogP contribution in [0, 0.1) is 20.8 Å². The van der Waals surface area contributed by atoms with Crippen molar-refractivity contribution in [1.29, 1.82) is 0 Å². The fourth-order valence-corrected chi connectivity index (χ4v) is 3.94. The Hall–Kier alpha value is -3.55. The van der Waals surface area contributed by atoms with Gasteiger partial charge in [-0.2, -0.15) is 4.98 Å². The molecule has 0 bridgehead atoms. The Kier molecular flexibility index (Phi) is 6.74. The van der Waals surface area contributed by atoms with Crippen LogP contribution in [0.3, 0.4) is 0 Å². The molecule has 0 amide bonds. The van der Waals surface area contributed by atoms with Crippen molar-refractivity contribution in [1.82, 2.24) is 19.5 Å². The minimum absolute atomic E-state index is 0.0869. The number of halogens is 1. The van der Waals surface area contributed by atoms with Gasteiger partial charge in [-0.15, -0.1) is 0 Å².